The molecule has 348 valence electrons. The molecular weight excluding hydrogens is 881 g/mol. The second-order valence-corrected chi connectivity index (χ2v) is 19.5. The zero-order valence-corrected chi connectivity index (χ0v) is 40.8. The van der Waals surface area contributed by atoms with Crippen molar-refractivity contribution >= 4 is 11.4 Å². The van der Waals surface area contributed by atoms with E-state index >= 15 is 0 Å². The first-order chi connectivity index (χ1) is 36.2. The van der Waals surface area contributed by atoms with Crippen LogP contribution in [-0.2, 0) is 22.2 Å². The number of fused-ring (bicyclic) bond motifs is 2. The molecule has 0 atom stereocenters. The van der Waals surface area contributed by atoms with Gasteiger partial charge in [-0.3, -0.25) is 0 Å². The average molecular weight is 935 g/mol. The molecule has 0 N–H and O–H groups in total. The van der Waals surface area contributed by atoms with E-state index in [-0.39, 0.29) is 0 Å². The molecule has 2 aliphatic heterocycles. The molecule has 13 rings (SSSR count). The molecule has 11 aromatic rings. The van der Waals surface area contributed by atoms with Gasteiger partial charge in [-0.05, 0) is 91.4 Å². The zero-order chi connectivity index (χ0) is 48.9. The first-order valence-electron chi connectivity index (χ1n) is 25.5. The fraction of sp³-hybridized carbons (Fsp3) is 0.0704. The molecule has 0 saturated heterocycles. The Balaban J connectivity index is 1.24. The van der Waals surface area contributed by atoms with E-state index in [4.69, 9.17) is 0 Å². The Morgan fingerprint density at radius 3 is 0.534 bits per heavy atom. The van der Waals surface area contributed by atoms with Gasteiger partial charge >= 0.3 is 0 Å². The van der Waals surface area contributed by atoms with Crippen LogP contribution in [0.3, 0.4) is 0 Å². The lowest BCUT2D eigenvalue weighted by molar-refractivity contribution is 0.487. The number of benzene rings is 11. The minimum Gasteiger partial charge on any atom is -0.335 e. The Morgan fingerprint density at radius 1 is 0.192 bits per heavy atom. The van der Waals surface area contributed by atoms with Gasteiger partial charge in [-0.1, -0.05) is 297 Å². The van der Waals surface area contributed by atoms with Crippen LogP contribution in [-0.4, -0.2) is 0 Å². The SMILES string of the molecule is Cc1c(N2C(c3ccccc3)(c3ccccc3)c3ccccc3C2(c2ccccc2)c2ccccc2)cccc1N1C(c2ccccc2)(c2ccccc2)c2ccccc2C1(c1ccccc1)c1ccccc1. The molecule has 0 saturated carbocycles. The van der Waals surface area contributed by atoms with Crippen molar-refractivity contribution in [3.05, 3.63) is 382 Å². The van der Waals surface area contributed by atoms with E-state index in [2.05, 4.69) is 326 Å². The highest BCUT2D eigenvalue weighted by Crippen LogP contribution is 2.66. The second-order valence-electron chi connectivity index (χ2n) is 19.5. The average Bonchev–Trinajstić information content (AvgIpc) is 3.92. The minimum atomic E-state index is -0.839. The van der Waals surface area contributed by atoms with Crippen LogP contribution >= 0.6 is 0 Å². The van der Waals surface area contributed by atoms with Gasteiger partial charge in [-0.25, -0.2) is 0 Å². The van der Waals surface area contributed by atoms with Crippen LogP contribution in [0.2, 0.25) is 0 Å². The monoisotopic (exact) mass is 934 g/mol. The van der Waals surface area contributed by atoms with Gasteiger partial charge in [-0.2, -0.15) is 0 Å². The molecule has 2 heterocycles. The van der Waals surface area contributed by atoms with Crippen molar-refractivity contribution in [3.8, 4) is 0 Å². The number of anilines is 2. The van der Waals surface area contributed by atoms with Crippen molar-refractivity contribution in [2.75, 3.05) is 9.80 Å². The van der Waals surface area contributed by atoms with Crippen LogP contribution in [0.4, 0.5) is 11.4 Å². The molecule has 0 spiro atoms. The smallest absolute Gasteiger partial charge is 0.118 e. The molecule has 2 aliphatic rings. The fourth-order valence-corrected chi connectivity index (χ4v) is 13.4. The van der Waals surface area contributed by atoms with Crippen LogP contribution in [0.1, 0.15) is 72.3 Å². The number of rotatable bonds is 10. The lowest BCUT2D eigenvalue weighted by Crippen LogP contribution is -2.55. The summed E-state index contributed by atoms with van der Waals surface area (Å²) < 4.78 is 0. The Bertz CT molecular complexity index is 3050. The third kappa shape index (κ3) is 6.17. The summed E-state index contributed by atoms with van der Waals surface area (Å²) in [7, 11) is 0. The molecule has 11 aromatic carbocycles. The summed E-state index contributed by atoms with van der Waals surface area (Å²) in [6.45, 7) is 2.39. The summed E-state index contributed by atoms with van der Waals surface area (Å²) >= 11 is 0. The molecule has 0 unspecified atom stereocenters. The van der Waals surface area contributed by atoms with E-state index in [1.54, 1.807) is 0 Å². The molecule has 0 amide bonds. The topological polar surface area (TPSA) is 6.48 Å². The highest BCUT2D eigenvalue weighted by molar-refractivity contribution is 5.86. The number of hydrogen-bond acceptors (Lipinski definition) is 2. The van der Waals surface area contributed by atoms with Crippen molar-refractivity contribution in [1.82, 2.24) is 0 Å². The molecule has 0 aromatic heterocycles. The highest BCUT2D eigenvalue weighted by Gasteiger charge is 2.64. The normalized spacial score (nSPS) is 15.6. The van der Waals surface area contributed by atoms with Gasteiger partial charge in [0.05, 0.1) is 0 Å². The summed E-state index contributed by atoms with van der Waals surface area (Å²) in [6, 6.07) is 115. The van der Waals surface area contributed by atoms with E-state index in [1.165, 1.54) is 66.8 Å². The molecule has 0 fully saturated rings. The summed E-state index contributed by atoms with van der Waals surface area (Å²) in [5.41, 5.74) is 14.5. The van der Waals surface area contributed by atoms with Crippen LogP contribution in [0.5, 0.6) is 0 Å². The zero-order valence-electron chi connectivity index (χ0n) is 40.8. The summed E-state index contributed by atoms with van der Waals surface area (Å²) in [4.78, 5) is 5.64. The predicted molar refractivity (Wildman–Crippen MR) is 300 cm³/mol. The van der Waals surface area contributed by atoms with Crippen molar-refractivity contribution in [3.63, 3.8) is 0 Å². The first-order valence-corrected chi connectivity index (χ1v) is 25.5. The number of hydrogen-bond donors (Lipinski definition) is 0. The largest absolute Gasteiger partial charge is 0.335 e. The van der Waals surface area contributed by atoms with E-state index in [0.29, 0.717) is 0 Å². The van der Waals surface area contributed by atoms with E-state index in [1.807, 2.05) is 0 Å². The fourth-order valence-electron chi connectivity index (χ4n) is 13.4. The Labute approximate surface area is 429 Å². The maximum Gasteiger partial charge on any atom is 0.118 e. The van der Waals surface area contributed by atoms with Crippen LogP contribution in [0, 0.1) is 6.92 Å². The van der Waals surface area contributed by atoms with Gasteiger partial charge in [0.2, 0.25) is 0 Å². The maximum absolute atomic E-state index is 2.82. The summed E-state index contributed by atoms with van der Waals surface area (Å²) in [5.74, 6) is 0. The molecular formula is C71H54N2. The second kappa shape index (κ2) is 17.7. The Morgan fingerprint density at radius 2 is 0.356 bits per heavy atom. The highest BCUT2D eigenvalue weighted by atomic mass is 15.3. The Hall–Kier alpha value is -8.98. The maximum atomic E-state index is 2.82. The predicted octanol–water partition coefficient (Wildman–Crippen LogP) is 16.2. The third-order valence-corrected chi connectivity index (χ3v) is 16.0. The molecule has 73 heavy (non-hydrogen) atoms. The lowest BCUT2D eigenvalue weighted by atomic mass is 9.75. The number of nitrogens with zero attached hydrogens (tertiary/aromatic N) is 2. The van der Waals surface area contributed by atoms with E-state index in [9.17, 15) is 0 Å². The van der Waals surface area contributed by atoms with Crippen molar-refractivity contribution < 1.29 is 0 Å². The van der Waals surface area contributed by atoms with Crippen molar-refractivity contribution in [2.45, 2.75) is 29.1 Å². The Kier molecular flexibility index (Phi) is 10.7. The first kappa shape index (κ1) is 44.0. The van der Waals surface area contributed by atoms with Gasteiger partial charge in [0.15, 0.2) is 0 Å². The van der Waals surface area contributed by atoms with Gasteiger partial charge in [0.1, 0.15) is 22.2 Å². The van der Waals surface area contributed by atoms with Gasteiger partial charge in [0.25, 0.3) is 0 Å². The molecule has 0 aliphatic carbocycles. The molecule has 0 bridgehead atoms. The van der Waals surface area contributed by atoms with E-state index in [0.717, 1.165) is 16.9 Å². The quantitative estimate of drug-likeness (QED) is 0.135. The standard InChI is InChI=1S/C71H54N2/c1-53-66(72-68(54-31-10-2-11-32-54,55-33-12-3-13-34-55)62-47-26-27-48-63(62)69(72,56-35-14-4-15-36-56)57-37-16-5-17-38-57)51-30-52-67(53)73-70(58-39-18-6-19-40-58,59-41-20-7-21-42-59)64-49-28-29-50-65(64)71(73,60-43-22-8-23-44-60)61-45-24-9-25-46-61/h2-52H,1H3. The molecule has 0 radical (unpaired) electrons. The molecule has 2 nitrogen and oxygen atoms in total. The van der Waals surface area contributed by atoms with Crippen molar-refractivity contribution in [2.24, 2.45) is 0 Å². The summed E-state index contributed by atoms with van der Waals surface area (Å²) in [5, 5.41) is 0. The van der Waals surface area contributed by atoms with Gasteiger partial charge < -0.3 is 9.80 Å². The van der Waals surface area contributed by atoms with Crippen LogP contribution < -0.4 is 9.80 Å². The van der Waals surface area contributed by atoms with Gasteiger partial charge in [0, 0.05) is 11.4 Å². The minimum absolute atomic E-state index is 0.839. The van der Waals surface area contributed by atoms with Crippen molar-refractivity contribution in [1.29, 1.82) is 0 Å². The lowest BCUT2D eigenvalue weighted by Gasteiger charge is -2.53. The van der Waals surface area contributed by atoms with E-state index < -0.39 is 22.2 Å². The third-order valence-electron chi connectivity index (χ3n) is 16.0. The van der Waals surface area contributed by atoms with Crippen LogP contribution in [0.25, 0.3) is 0 Å². The molecule has 2 heteroatoms. The van der Waals surface area contributed by atoms with Gasteiger partial charge in [-0.15, -0.1) is 0 Å². The van der Waals surface area contributed by atoms with Crippen LogP contribution in [0.15, 0.2) is 309 Å². The summed E-state index contributed by atoms with van der Waals surface area (Å²) in [6.07, 6.45) is 0.